The van der Waals surface area contributed by atoms with Crippen LogP contribution in [0.25, 0.3) is 5.65 Å². The average molecular weight is 494 g/mol. The number of aromatic nitrogens is 4. The molecule has 190 valence electrons. The third-order valence-electron chi connectivity index (χ3n) is 7.83. The normalized spacial score (nSPS) is 27.0. The summed E-state index contributed by atoms with van der Waals surface area (Å²) in [6.07, 6.45) is 8.28. The molecular weight excluding hydrogens is 462 g/mol. The van der Waals surface area contributed by atoms with Gasteiger partial charge in [-0.25, -0.2) is 9.50 Å². The van der Waals surface area contributed by atoms with E-state index in [-0.39, 0.29) is 35.8 Å². The molecule has 1 saturated heterocycles. The summed E-state index contributed by atoms with van der Waals surface area (Å²) in [5.74, 6) is 0.713. The highest BCUT2D eigenvalue weighted by Crippen LogP contribution is 2.36. The van der Waals surface area contributed by atoms with Crippen LogP contribution in [0.2, 0.25) is 0 Å². The Kier molecular flexibility index (Phi) is 5.88. The second-order valence-electron chi connectivity index (χ2n) is 9.86. The number of fused-ring (bicyclic) bond motifs is 2. The molecule has 6 rings (SSSR count). The molecule has 3 aliphatic rings. The van der Waals surface area contributed by atoms with E-state index in [0.717, 1.165) is 38.7 Å². The van der Waals surface area contributed by atoms with E-state index in [9.17, 15) is 9.59 Å². The topological polar surface area (TPSA) is 124 Å². The number of amides is 1. The summed E-state index contributed by atoms with van der Waals surface area (Å²) < 4.78 is 14.5. The fourth-order valence-electron chi connectivity index (χ4n) is 5.72. The predicted molar refractivity (Wildman–Crippen MR) is 134 cm³/mol. The Balaban J connectivity index is 1.27. The third kappa shape index (κ3) is 3.92. The van der Waals surface area contributed by atoms with E-state index >= 15 is 0 Å². The lowest BCUT2D eigenvalue weighted by Gasteiger charge is -2.35. The summed E-state index contributed by atoms with van der Waals surface area (Å²) in [6, 6.07) is 5.47. The highest BCUT2D eigenvalue weighted by molar-refractivity contribution is 5.94. The number of methoxy groups -OCH3 is 1. The minimum Gasteiger partial charge on any atom is -0.385 e. The molecule has 3 aromatic rings. The number of rotatable bonds is 7. The molecule has 3 atom stereocenters. The molecule has 2 saturated carbocycles. The molecule has 3 unspecified atom stereocenters. The Labute approximate surface area is 208 Å². The van der Waals surface area contributed by atoms with Gasteiger partial charge in [-0.2, -0.15) is 0 Å². The SMILES string of the molecule is CNc1cc(Nc2cccn(C3CC(OC)C3)c2=O)nn2c(C(=O)NC3CCC4CCOC43)cnc12. The van der Waals surface area contributed by atoms with E-state index in [2.05, 4.69) is 26.0 Å². The van der Waals surface area contributed by atoms with Gasteiger partial charge in [-0.15, -0.1) is 5.10 Å². The number of carbonyl (C=O) groups excluding carboxylic acids is 1. The maximum absolute atomic E-state index is 13.2. The summed E-state index contributed by atoms with van der Waals surface area (Å²) in [5, 5.41) is 14.0. The van der Waals surface area contributed by atoms with Crippen LogP contribution in [0.5, 0.6) is 0 Å². The van der Waals surface area contributed by atoms with Crippen LogP contribution in [0.15, 0.2) is 35.4 Å². The smallest absolute Gasteiger partial charge is 0.274 e. The summed E-state index contributed by atoms with van der Waals surface area (Å²) in [5.41, 5.74) is 1.83. The first kappa shape index (κ1) is 23.0. The summed E-state index contributed by atoms with van der Waals surface area (Å²) in [4.78, 5) is 30.8. The molecule has 0 bridgehead atoms. The Morgan fingerprint density at radius 2 is 2.08 bits per heavy atom. The van der Waals surface area contributed by atoms with Crippen molar-refractivity contribution in [1.82, 2.24) is 24.5 Å². The lowest BCUT2D eigenvalue weighted by Crippen LogP contribution is -2.41. The quantitative estimate of drug-likeness (QED) is 0.458. The molecule has 1 aliphatic heterocycles. The lowest BCUT2D eigenvalue weighted by atomic mass is 9.89. The van der Waals surface area contributed by atoms with Crippen LogP contribution in [0, 0.1) is 5.92 Å². The van der Waals surface area contributed by atoms with Crippen molar-refractivity contribution in [3.05, 3.63) is 46.6 Å². The number of imidazole rings is 1. The minimum atomic E-state index is -0.241. The van der Waals surface area contributed by atoms with Crippen LogP contribution in [0.1, 0.15) is 48.6 Å². The van der Waals surface area contributed by atoms with Crippen molar-refractivity contribution in [2.24, 2.45) is 5.92 Å². The van der Waals surface area contributed by atoms with Crippen LogP contribution in [-0.4, -0.2) is 64.1 Å². The zero-order valence-electron chi connectivity index (χ0n) is 20.4. The molecule has 0 radical (unpaired) electrons. The molecule has 0 aromatic carbocycles. The Bertz CT molecular complexity index is 1350. The number of nitrogens with one attached hydrogen (secondary N) is 3. The van der Waals surface area contributed by atoms with Gasteiger partial charge < -0.3 is 30.0 Å². The molecule has 3 N–H and O–H groups in total. The van der Waals surface area contributed by atoms with Crippen LogP contribution >= 0.6 is 0 Å². The fraction of sp³-hybridized carbons (Fsp3) is 0.520. The number of carbonyl (C=O) groups is 1. The fourth-order valence-corrected chi connectivity index (χ4v) is 5.72. The second-order valence-corrected chi connectivity index (χ2v) is 9.86. The van der Waals surface area contributed by atoms with Gasteiger partial charge in [-0.05, 0) is 50.2 Å². The number of hydrogen-bond acceptors (Lipinski definition) is 8. The zero-order valence-corrected chi connectivity index (χ0v) is 20.4. The van der Waals surface area contributed by atoms with Crippen LogP contribution < -0.4 is 21.5 Å². The summed E-state index contributed by atoms with van der Waals surface area (Å²) in [7, 11) is 3.47. The van der Waals surface area contributed by atoms with E-state index in [1.165, 1.54) is 10.7 Å². The number of ether oxygens (including phenoxy) is 2. The maximum Gasteiger partial charge on any atom is 0.274 e. The Hall–Kier alpha value is -3.44. The van der Waals surface area contributed by atoms with Gasteiger partial charge in [0.1, 0.15) is 5.69 Å². The van der Waals surface area contributed by atoms with Crippen molar-refractivity contribution in [2.75, 3.05) is 31.4 Å². The predicted octanol–water partition coefficient (Wildman–Crippen LogP) is 2.32. The molecule has 2 aliphatic carbocycles. The van der Waals surface area contributed by atoms with Gasteiger partial charge in [0.25, 0.3) is 11.5 Å². The first-order valence-electron chi connectivity index (χ1n) is 12.6. The molecule has 11 heteroatoms. The zero-order chi connectivity index (χ0) is 24.8. The summed E-state index contributed by atoms with van der Waals surface area (Å²) in [6.45, 7) is 0.758. The van der Waals surface area contributed by atoms with Crippen molar-refractivity contribution >= 4 is 28.7 Å². The van der Waals surface area contributed by atoms with Gasteiger partial charge >= 0.3 is 0 Å². The number of pyridine rings is 1. The van der Waals surface area contributed by atoms with E-state index in [1.54, 1.807) is 37.1 Å². The molecule has 1 amide bonds. The van der Waals surface area contributed by atoms with E-state index in [4.69, 9.17) is 9.47 Å². The van der Waals surface area contributed by atoms with Crippen molar-refractivity contribution in [2.45, 2.75) is 56.4 Å². The van der Waals surface area contributed by atoms with E-state index in [1.807, 2.05) is 6.07 Å². The van der Waals surface area contributed by atoms with Gasteiger partial charge in [-0.3, -0.25) is 9.59 Å². The average Bonchev–Trinajstić information content (AvgIpc) is 3.57. The third-order valence-corrected chi connectivity index (χ3v) is 7.83. The van der Waals surface area contributed by atoms with Crippen molar-refractivity contribution in [3.63, 3.8) is 0 Å². The van der Waals surface area contributed by atoms with Crippen LogP contribution in [0.3, 0.4) is 0 Å². The van der Waals surface area contributed by atoms with Crippen molar-refractivity contribution < 1.29 is 14.3 Å². The highest BCUT2D eigenvalue weighted by Gasteiger charge is 2.41. The first-order valence-corrected chi connectivity index (χ1v) is 12.6. The molecular formula is C25H31N7O4. The standard InChI is InChI=1S/C25H31N7O4/c1-26-19-12-21(28-18-4-3-8-31(25(18)34)15-10-16(11-15)35-2)30-32-20(13-27-23(19)32)24(33)29-17-6-5-14-7-9-36-22(14)17/h3-4,8,12-17,22,26H,5-7,9-11H2,1-2H3,(H,28,30)(H,29,33). The van der Waals surface area contributed by atoms with E-state index < -0.39 is 0 Å². The largest absolute Gasteiger partial charge is 0.385 e. The Morgan fingerprint density at radius 1 is 1.22 bits per heavy atom. The van der Waals surface area contributed by atoms with Crippen molar-refractivity contribution in [1.29, 1.82) is 0 Å². The Morgan fingerprint density at radius 3 is 2.89 bits per heavy atom. The van der Waals surface area contributed by atoms with Gasteiger partial charge in [-0.1, -0.05) is 0 Å². The van der Waals surface area contributed by atoms with Crippen molar-refractivity contribution in [3.8, 4) is 0 Å². The van der Waals surface area contributed by atoms with Gasteiger partial charge in [0.2, 0.25) is 0 Å². The molecule has 36 heavy (non-hydrogen) atoms. The monoisotopic (exact) mass is 493 g/mol. The van der Waals surface area contributed by atoms with Gasteiger partial charge in [0.05, 0.1) is 30.1 Å². The molecule has 3 fully saturated rings. The number of hydrogen-bond donors (Lipinski definition) is 3. The molecule has 0 spiro atoms. The minimum absolute atomic E-state index is 0.00683. The first-order chi connectivity index (χ1) is 17.6. The van der Waals surface area contributed by atoms with Gasteiger partial charge in [0, 0.05) is 39.1 Å². The van der Waals surface area contributed by atoms with Gasteiger partial charge in [0.15, 0.2) is 17.2 Å². The van der Waals surface area contributed by atoms with Crippen LogP contribution in [0.4, 0.5) is 17.2 Å². The number of anilines is 3. The second kappa shape index (κ2) is 9.21. The highest BCUT2D eigenvalue weighted by atomic mass is 16.5. The molecule has 11 nitrogen and oxygen atoms in total. The molecule has 4 heterocycles. The maximum atomic E-state index is 13.2. The van der Waals surface area contributed by atoms with Crippen LogP contribution in [-0.2, 0) is 9.47 Å². The molecule has 3 aromatic heterocycles. The number of nitrogens with zero attached hydrogens (tertiary/aromatic N) is 4. The van der Waals surface area contributed by atoms with E-state index in [0.29, 0.717) is 34.5 Å². The summed E-state index contributed by atoms with van der Waals surface area (Å²) >= 11 is 0. The lowest BCUT2D eigenvalue weighted by molar-refractivity contribution is 0.00522.